The van der Waals surface area contributed by atoms with E-state index in [0.29, 0.717) is 0 Å². The molecule has 0 radical (unpaired) electrons. The van der Waals surface area contributed by atoms with Crippen LogP contribution in [0.4, 0.5) is 0 Å². The summed E-state index contributed by atoms with van der Waals surface area (Å²) in [6.07, 6.45) is 7.35. The zero-order valence-electron chi connectivity index (χ0n) is 10.4. The Morgan fingerprint density at radius 1 is 1.13 bits per heavy atom. The molecule has 0 aromatic heterocycles. The van der Waals surface area contributed by atoms with Crippen molar-refractivity contribution in [2.24, 2.45) is 11.8 Å². The molecule has 0 aromatic rings. The van der Waals surface area contributed by atoms with Gasteiger partial charge in [-0.2, -0.15) is 11.8 Å². The second-order valence-electron chi connectivity index (χ2n) is 4.60. The molecule has 2 atom stereocenters. The molecule has 1 aliphatic carbocycles. The van der Waals surface area contributed by atoms with Crippen LogP contribution in [-0.4, -0.2) is 24.6 Å². The monoisotopic (exact) mass is 229 g/mol. The summed E-state index contributed by atoms with van der Waals surface area (Å²) in [6, 6.07) is 0. The first kappa shape index (κ1) is 13.4. The van der Waals surface area contributed by atoms with E-state index in [4.69, 9.17) is 0 Å². The van der Waals surface area contributed by atoms with E-state index in [9.17, 15) is 0 Å². The lowest BCUT2D eigenvalue weighted by Gasteiger charge is -2.31. The van der Waals surface area contributed by atoms with E-state index in [1.165, 1.54) is 50.2 Å². The van der Waals surface area contributed by atoms with Crippen LogP contribution >= 0.6 is 11.8 Å². The number of rotatable bonds is 7. The Bertz CT molecular complexity index is 149. The number of hydrogen-bond acceptors (Lipinski definition) is 2. The van der Waals surface area contributed by atoms with E-state index < -0.39 is 0 Å². The maximum Gasteiger partial charge on any atom is -0.00180 e. The first-order chi connectivity index (χ1) is 7.38. The molecule has 1 saturated carbocycles. The van der Waals surface area contributed by atoms with E-state index >= 15 is 0 Å². The summed E-state index contributed by atoms with van der Waals surface area (Å²) < 4.78 is 0. The Labute approximate surface area is 99.8 Å². The van der Waals surface area contributed by atoms with Crippen molar-refractivity contribution >= 4 is 11.8 Å². The molecule has 2 unspecified atom stereocenters. The Morgan fingerprint density at radius 2 is 1.87 bits per heavy atom. The summed E-state index contributed by atoms with van der Waals surface area (Å²) in [4.78, 5) is 0. The van der Waals surface area contributed by atoms with E-state index in [0.717, 1.165) is 18.4 Å². The lowest BCUT2D eigenvalue weighted by Crippen LogP contribution is -2.30. The molecule has 90 valence electrons. The van der Waals surface area contributed by atoms with Crippen LogP contribution in [0, 0.1) is 11.8 Å². The molecule has 0 aliphatic heterocycles. The summed E-state index contributed by atoms with van der Waals surface area (Å²) in [7, 11) is 0. The smallest absolute Gasteiger partial charge is 0.00180 e. The van der Waals surface area contributed by atoms with Gasteiger partial charge in [0.2, 0.25) is 0 Å². The molecule has 0 aromatic carbocycles. The Kier molecular flexibility index (Phi) is 7.54. The molecule has 0 spiro atoms. The quantitative estimate of drug-likeness (QED) is 0.670. The van der Waals surface area contributed by atoms with Crippen LogP contribution in [0.5, 0.6) is 0 Å². The van der Waals surface area contributed by atoms with Gasteiger partial charge in [0.05, 0.1) is 0 Å². The van der Waals surface area contributed by atoms with Gasteiger partial charge in [-0.3, -0.25) is 0 Å². The van der Waals surface area contributed by atoms with Gasteiger partial charge >= 0.3 is 0 Å². The van der Waals surface area contributed by atoms with Gasteiger partial charge in [-0.15, -0.1) is 0 Å². The summed E-state index contributed by atoms with van der Waals surface area (Å²) in [5.41, 5.74) is 0. The van der Waals surface area contributed by atoms with Gasteiger partial charge in [0.1, 0.15) is 0 Å². The van der Waals surface area contributed by atoms with Crippen molar-refractivity contribution < 1.29 is 0 Å². The third-order valence-electron chi connectivity index (χ3n) is 3.56. The average molecular weight is 229 g/mol. The van der Waals surface area contributed by atoms with Gasteiger partial charge in [-0.05, 0) is 49.3 Å². The molecular weight excluding hydrogens is 202 g/mol. The van der Waals surface area contributed by atoms with Gasteiger partial charge in [0.15, 0.2) is 0 Å². The van der Waals surface area contributed by atoms with Crippen molar-refractivity contribution in [3.05, 3.63) is 0 Å². The largest absolute Gasteiger partial charge is 0.317 e. The fraction of sp³-hybridized carbons (Fsp3) is 1.00. The van der Waals surface area contributed by atoms with E-state index in [2.05, 4.69) is 30.9 Å². The molecular formula is C13H27NS. The van der Waals surface area contributed by atoms with Crippen LogP contribution in [0.1, 0.15) is 46.0 Å². The molecule has 1 nitrogen and oxygen atoms in total. The summed E-state index contributed by atoms with van der Waals surface area (Å²) in [6.45, 7) is 6.87. The molecule has 1 fully saturated rings. The summed E-state index contributed by atoms with van der Waals surface area (Å²) in [5, 5.41) is 3.53. The second-order valence-corrected chi connectivity index (χ2v) is 5.99. The van der Waals surface area contributed by atoms with Crippen LogP contribution < -0.4 is 5.32 Å². The van der Waals surface area contributed by atoms with Crippen molar-refractivity contribution in [3.8, 4) is 0 Å². The van der Waals surface area contributed by atoms with Gasteiger partial charge < -0.3 is 5.32 Å². The van der Waals surface area contributed by atoms with Crippen LogP contribution in [0.3, 0.4) is 0 Å². The van der Waals surface area contributed by atoms with Crippen LogP contribution in [0.15, 0.2) is 0 Å². The van der Waals surface area contributed by atoms with Gasteiger partial charge in [0.25, 0.3) is 0 Å². The molecule has 0 heterocycles. The minimum atomic E-state index is 0.969. The third-order valence-corrected chi connectivity index (χ3v) is 4.49. The topological polar surface area (TPSA) is 12.0 Å². The normalized spacial score (nSPS) is 26.8. The average Bonchev–Trinajstić information content (AvgIpc) is 2.28. The first-order valence-corrected chi connectivity index (χ1v) is 7.82. The molecule has 0 amide bonds. The molecule has 15 heavy (non-hydrogen) atoms. The zero-order chi connectivity index (χ0) is 10.9. The molecule has 1 aliphatic rings. The van der Waals surface area contributed by atoms with Crippen LogP contribution in [0.2, 0.25) is 0 Å². The Morgan fingerprint density at radius 3 is 2.53 bits per heavy atom. The maximum atomic E-state index is 3.53. The summed E-state index contributed by atoms with van der Waals surface area (Å²) in [5.74, 6) is 4.64. The van der Waals surface area contributed by atoms with E-state index in [1.54, 1.807) is 0 Å². The number of hydrogen-bond donors (Lipinski definition) is 1. The van der Waals surface area contributed by atoms with E-state index in [-0.39, 0.29) is 0 Å². The molecule has 0 saturated heterocycles. The van der Waals surface area contributed by atoms with Crippen molar-refractivity contribution in [3.63, 3.8) is 0 Å². The first-order valence-electron chi connectivity index (χ1n) is 6.66. The highest BCUT2D eigenvalue weighted by Gasteiger charge is 2.23. The zero-order valence-corrected chi connectivity index (χ0v) is 11.2. The van der Waals surface area contributed by atoms with Gasteiger partial charge in [-0.1, -0.05) is 33.1 Å². The second kappa shape index (κ2) is 8.46. The molecule has 2 heteroatoms. The lowest BCUT2D eigenvalue weighted by molar-refractivity contribution is 0.226. The third kappa shape index (κ3) is 5.26. The van der Waals surface area contributed by atoms with Gasteiger partial charge in [0, 0.05) is 0 Å². The minimum absolute atomic E-state index is 0.969. The van der Waals surface area contributed by atoms with Gasteiger partial charge in [-0.25, -0.2) is 0 Å². The SMILES string of the molecule is CCNCC1CCCCC1CCSCC. The van der Waals surface area contributed by atoms with Crippen LogP contribution in [-0.2, 0) is 0 Å². The molecule has 1 rings (SSSR count). The maximum absolute atomic E-state index is 3.53. The number of thioether (sulfide) groups is 1. The molecule has 0 bridgehead atoms. The predicted octanol–water partition coefficient (Wildman–Crippen LogP) is 3.55. The number of nitrogens with one attached hydrogen (secondary N) is 1. The highest BCUT2D eigenvalue weighted by Crippen LogP contribution is 2.32. The van der Waals surface area contributed by atoms with Crippen molar-refractivity contribution in [1.82, 2.24) is 5.32 Å². The predicted molar refractivity (Wildman–Crippen MR) is 71.6 cm³/mol. The fourth-order valence-electron chi connectivity index (χ4n) is 2.64. The Balaban J connectivity index is 2.22. The lowest BCUT2D eigenvalue weighted by atomic mass is 9.78. The van der Waals surface area contributed by atoms with Crippen molar-refractivity contribution in [2.75, 3.05) is 24.6 Å². The Hall–Kier alpha value is 0.310. The molecule has 1 N–H and O–H groups in total. The van der Waals surface area contributed by atoms with Crippen LogP contribution in [0.25, 0.3) is 0 Å². The van der Waals surface area contributed by atoms with E-state index in [1.807, 2.05) is 0 Å². The fourth-order valence-corrected chi connectivity index (χ4v) is 3.40. The highest BCUT2D eigenvalue weighted by atomic mass is 32.2. The summed E-state index contributed by atoms with van der Waals surface area (Å²) >= 11 is 2.11. The minimum Gasteiger partial charge on any atom is -0.317 e. The highest BCUT2D eigenvalue weighted by molar-refractivity contribution is 7.99. The van der Waals surface area contributed by atoms with Crippen molar-refractivity contribution in [2.45, 2.75) is 46.0 Å². The standard InChI is InChI=1S/C13H27NS/c1-3-14-11-13-8-6-5-7-12(13)9-10-15-4-2/h12-14H,3-11H2,1-2H3. The van der Waals surface area contributed by atoms with Crippen molar-refractivity contribution in [1.29, 1.82) is 0 Å².